The van der Waals surface area contributed by atoms with Gasteiger partial charge in [0.1, 0.15) is 5.82 Å². The van der Waals surface area contributed by atoms with Gasteiger partial charge in [0.25, 0.3) is 5.91 Å². The average molecular weight is 337 g/mol. The molecule has 0 spiro atoms. The first-order valence-electron chi connectivity index (χ1n) is 8.81. The molecular weight excluding hydrogens is 314 g/mol. The number of hydrogen-bond donors (Lipinski definition) is 1. The van der Waals surface area contributed by atoms with E-state index in [9.17, 15) is 4.79 Å². The molecule has 0 bridgehead atoms. The van der Waals surface area contributed by atoms with Crippen LogP contribution in [0.1, 0.15) is 48.2 Å². The van der Waals surface area contributed by atoms with E-state index in [-0.39, 0.29) is 11.9 Å². The van der Waals surface area contributed by atoms with E-state index >= 15 is 0 Å². The number of aromatic nitrogens is 4. The maximum Gasteiger partial charge on any atom is 0.251 e. The molecule has 3 aromatic rings. The summed E-state index contributed by atoms with van der Waals surface area (Å²) in [6, 6.07) is 6.22. The zero-order valence-corrected chi connectivity index (χ0v) is 14.9. The maximum atomic E-state index is 12.6. The SMILES string of the molecule is Cc1cn2c(n1)CC[C@@H](NC(=O)c1ccc3c(c1)ncn3C(C)C)C2. The van der Waals surface area contributed by atoms with Crippen molar-refractivity contribution in [2.45, 2.75) is 52.2 Å². The highest BCUT2D eigenvalue weighted by molar-refractivity contribution is 5.97. The summed E-state index contributed by atoms with van der Waals surface area (Å²) in [6.07, 6.45) is 5.71. The number of aryl methyl sites for hydroxylation is 2. The maximum absolute atomic E-state index is 12.6. The topological polar surface area (TPSA) is 64.7 Å². The fourth-order valence-corrected chi connectivity index (χ4v) is 3.56. The van der Waals surface area contributed by atoms with Crippen LogP contribution in [0, 0.1) is 6.92 Å². The molecule has 0 aliphatic carbocycles. The number of fused-ring (bicyclic) bond motifs is 2. The van der Waals surface area contributed by atoms with Gasteiger partial charge in [0.2, 0.25) is 0 Å². The number of amides is 1. The zero-order chi connectivity index (χ0) is 17.6. The molecule has 1 amide bonds. The molecule has 1 N–H and O–H groups in total. The number of carbonyl (C=O) groups is 1. The van der Waals surface area contributed by atoms with Gasteiger partial charge in [-0.05, 0) is 45.4 Å². The zero-order valence-electron chi connectivity index (χ0n) is 14.9. The number of benzene rings is 1. The van der Waals surface area contributed by atoms with Crippen LogP contribution in [-0.4, -0.2) is 31.1 Å². The number of imidazole rings is 2. The van der Waals surface area contributed by atoms with Crippen LogP contribution in [0.2, 0.25) is 0 Å². The third-order valence-electron chi connectivity index (χ3n) is 4.84. The van der Waals surface area contributed by atoms with Gasteiger partial charge < -0.3 is 14.5 Å². The van der Waals surface area contributed by atoms with Gasteiger partial charge in [0.05, 0.1) is 23.1 Å². The van der Waals surface area contributed by atoms with E-state index in [4.69, 9.17) is 0 Å². The summed E-state index contributed by atoms with van der Waals surface area (Å²) in [5, 5.41) is 3.16. The number of carbonyl (C=O) groups excluding carboxylic acids is 1. The lowest BCUT2D eigenvalue weighted by Gasteiger charge is -2.24. The van der Waals surface area contributed by atoms with Crippen molar-refractivity contribution in [3.8, 4) is 0 Å². The van der Waals surface area contributed by atoms with E-state index in [0.29, 0.717) is 11.6 Å². The molecule has 0 saturated carbocycles. The molecular formula is C19H23N5O. The van der Waals surface area contributed by atoms with Crippen molar-refractivity contribution in [3.05, 3.63) is 47.8 Å². The number of nitrogens with one attached hydrogen (secondary N) is 1. The van der Waals surface area contributed by atoms with Crippen LogP contribution >= 0.6 is 0 Å². The van der Waals surface area contributed by atoms with Crippen LogP contribution in [0.4, 0.5) is 0 Å². The van der Waals surface area contributed by atoms with E-state index in [2.05, 4.69) is 44.5 Å². The predicted octanol–water partition coefficient (Wildman–Crippen LogP) is 2.87. The first-order chi connectivity index (χ1) is 12.0. The molecule has 4 rings (SSSR count). The fraction of sp³-hybridized carbons (Fsp3) is 0.421. The van der Waals surface area contributed by atoms with Crippen molar-refractivity contribution >= 4 is 16.9 Å². The first-order valence-corrected chi connectivity index (χ1v) is 8.81. The van der Waals surface area contributed by atoms with Gasteiger partial charge in [0.15, 0.2) is 0 Å². The molecule has 2 aromatic heterocycles. The highest BCUT2D eigenvalue weighted by atomic mass is 16.1. The monoisotopic (exact) mass is 337 g/mol. The van der Waals surface area contributed by atoms with E-state index in [1.54, 1.807) is 0 Å². The van der Waals surface area contributed by atoms with Crippen molar-refractivity contribution < 1.29 is 4.79 Å². The van der Waals surface area contributed by atoms with Gasteiger partial charge in [-0.1, -0.05) is 0 Å². The molecule has 0 unspecified atom stereocenters. The minimum Gasteiger partial charge on any atom is -0.347 e. The van der Waals surface area contributed by atoms with Gasteiger partial charge >= 0.3 is 0 Å². The van der Waals surface area contributed by atoms with Crippen molar-refractivity contribution in [1.29, 1.82) is 0 Å². The normalized spacial score (nSPS) is 17.0. The smallest absolute Gasteiger partial charge is 0.251 e. The quantitative estimate of drug-likeness (QED) is 0.799. The second-order valence-electron chi connectivity index (χ2n) is 7.11. The number of hydrogen-bond acceptors (Lipinski definition) is 3. The Bertz CT molecular complexity index is 937. The standard InChI is InChI=1S/C19H23N5O/c1-12(2)24-11-20-16-8-14(4-6-17(16)24)19(25)22-15-5-7-18-21-13(3)9-23(18)10-15/h4,6,8-9,11-12,15H,5,7,10H2,1-3H3,(H,22,25)/t15-/m1/s1. The van der Waals surface area contributed by atoms with Crippen LogP contribution in [0.25, 0.3) is 11.0 Å². The third kappa shape index (κ3) is 2.92. The van der Waals surface area contributed by atoms with Gasteiger partial charge in [-0.2, -0.15) is 0 Å². The van der Waals surface area contributed by atoms with Crippen LogP contribution in [-0.2, 0) is 13.0 Å². The Hall–Kier alpha value is -2.63. The number of nitrogens with zero attached hydrogens (tertiary/aromatic N) is 4. The molecule has 130 valence electrons. The predicted molar refractivity (Wildman–Crippen MR) is 96.7 cm³/mol. The molecule has 1 aromatic carbocycles. The summed E-state index contributed by atoms with van der Waals surface area (Å²) >= 11 is 0. The molecule has 25 heavy (non-hydrogen) atoms. The molecule has 1 aliphatic rings. The van der Waals surface area contributed by atoms with Crippen LogP contribution in [0.5, 0.6) is 0 Å². The van der Waals surface area contributed by atoms with Crippen molar-refractivity contribution in [3.63, 3.8) is 0 Å². The van der Waals surface area contributed by atoms with E-state index in [1.165, 1.54) is 0 Å². The van der Waals surface area contributed by atoms with Crippen molar-refractivity contribution in [2.75, 3.05) is 0 Å². The molecule has 1 aliphatic heterocycles. The molecule has 6 nitrogen and oxygen atoms in total. The van der Waals surface area contributed by atoms with E-state index < -0.39 is 0 Å². The Morgan fingerprint density at radius 2 is 2.20 bits per heavy atom. The Morgan fingerprint density at radius 1 is 1.36 bits per heavy atom. The Morgan fingerprint density at radius 3 is 3.00 bits per heavy atom. The van der Waals surface area contributed by atoms with Crippen LogP contribution in [0.15, 0.2) is 30.7 Å². The summed E-state index contributed by atoms with van der Waals surface area (Å²) in [5.41, 5.74) is 3.61. The lowest BCUT2D eigenvalue weighted by Crippen LogP contribution is -2.40. The third-order valence-corrected chi connectivity index (χ3v) is 4.84. The summed E-state index contributed by atoms with van der Waals surface area (Å²) < 4.78 is 4.26. The largest absolute Gasteiger partial charge is 0.347 e. The molecule has 0 radical (unpaired) electrons. The van der Waals surface area contributed by atoms with Crippen molar-refractivity contribution in [2.24, 2.45) is 0 Å². The Balaban J connectivity index is 1.51. The summed E-state index contributed by atoms with van der Waals surface area (Å²) in [5.74, 6) is 1.08. The highest BCUT2D eigenvalue weighted by Crippen LogP contribution is 2.20. The van der Waals surface area contributed by atoms with Gasteiger partial charge in [-0.3, -0.25) is 4.79 Å². The van der Waals surface area contributed by atoms with Gasteiger partial charge in [-0.25, -0.2) is 9.97 Å². The second-order valence-corrected chi connectivity index (χ2v) is 7.11. The lowest BCUT2D eigenvalue weighted by molar-refractivity contribution is 0.0927. The minimum absolute atomic E-state index is 0.0358. The van der Waals surface area contributed by atoms with Crippen molar-refractivity contribution in [1.82, 2.24) is 24.4 Å². The van der Waals surface area contributed by atoms with Crippen LogP contribution < -0.4 is 5.32 Å². The average Bonchev–Trinajstić information content (AvgIpc) is 3.15. The summed E-state index contributed by atoms with van der Waals surface area (Å²) in [7, 11) is 0. The summed E-state index contributed by atoms with van der Waals surface area (Å²) in [4.78, 5) is 21.6. The van der Waals surface area contributed by atoms with E-state index in [0.717, 1.165) is 41.9 Å². The Kier molecular flexibility index (Phi) is 3.82. The summed E-state index contributed by atoms with van der Waals surface area (Å²) in [6.45, 7) is 7.03. The number of rotatable bonds is 3. The Labute approximate surface area is 146 Å². The molecule has 1 atom stereocenters. The van der Waals surface area contributed by atoms with Gasteiger partial charge in [-0.15, -0.1) is 0 Å². The van der Waals surface area contributed by atoms with E-state index in [1.807, 2.05) is 31.5 Å². The molecule has 3 heterocycles. The minimum atomic E-state index is -0.0358. The second kappa shape index (κ2) is 6.02. The highest BCUT2D eigenvalue weighted by Gasteiger charge is 2.22. The lowest BCUT2D eigenvalue weighted by atomic mass is 10.1. The molecule has 0 saturated heterocycles. The molecule has 0 fully saturated rings. The first kappa shape index (κ1) is 15.9. The van der Waals surface area contributed by atoms with Gasteiger partial charge in [0, 0.05) is 36.8 Å². The fourth-order valence-electron chi connectivity index (χ4n) is 3.56. The van der Waals surface area contributed by atoms with Crippen LogP contribution in [0.3, 0.4) is 0 Å². The molecule has 6 heteroatoms.